The molecular formula is C18H26O4S4. The SMILES string of the molecule is CCOC(=O)[C@@]12CC[C@@](C(=O)OCC)(CC13SCCS3)C1(C2)SCCS1. The Morgan fingerprint density at radius 1 is 0.731 bits per heavy atom. The third kappa shape index (κ3) is 2.47. The van der Waals surface area contributed by atoms with Gasteiger partial charge in [-0.2, -0.15) is 0 Å². The van der Waals surface area contributed by atoms with Crippen molar-refractivity contribution >= 4 is 59.0 Å². The predicted molar refractivity (Wildman–Crippen MR) is 112 cm³/mol. The Bertz CT molecular complexity index is 548. The van der Waals surface area contributed by atoms with E-state index in [1.807, 2.05) is 60.9 Å². The maximum Gasteiger partial charge on any atom is 0.314 e. The summed E-state index contributed by atoms with van der Waals surface area (Å²) in [7, 11) is 0. The molecule has 5 fully saturated rings. The van der Waals surface area contributed by atoms with Crippen molar-refractivity contribution in [2.24, 2.45) is 10.8 Å². The molecule has 5 aliphatic rings. The summed E-state index contributed by atoms with van der Waals surface area (Å²) in [6, 6.07) is 0. The van der Waals surface area contributed by atoms with Crippen LogP contribution in [0, 0.1) is 10.8 Å². The van der Waals surface area contributed by atoms with Crippen LogP contribution in [0.2, 0.25) is 0 Å². The summed E-state index contributed by atoms with van der Waals surface area (Å²) in [6.07, 6.45) is 2.97. The number of hydrogen-bond donors (Lipinski definition) is 0. The fourth-order valence-electron chi connectivity index (χ4n) is 5.25. The Morgan fingerprint density at radius 2 is 1.08 bits per heavy atom. The second-order valence-corrected chi connectivity index (χ2v) is 13.5. The smallest absolute Gasteiger partial charge is 0.314 e. The molecule has 0 aromatic carbocycles. The van der Waals surface area contributed by atoms with E-state index in [4.69, 9.17) is 9.47 Å². The molecule has 0 amide bonds. The highest BCUT2D eigenvalue weighted by molar-refractivity contribution is 8.22. The second-order valence-electron chi connectivity index (χ2n) is 7.36. The Balaban J connectivity index is 1.82. The van der Waals surface area contributed by atoms with Crippen molar-refractivity contribution in [2.45, 2.75) is 47.7 Å². The van der Waals surface area contributed by atoms with E-state index in [2.05, 4.69) is 0 Å². The first kappa shape index (κ1) is 19.6. The molecule has 8 heteroatoms. The van der Waals surface area contributed by atoms with Crippen LogP contribution >= 0.6 is 47.0 Å². The zero-order chi connectivity index (χ0) is 18.5. The van der Waals surface area contributed by atoms with E-state index in [0.29, 0.717) is 13.2 Å². The van der Waals surface area contributed by atoms with Crippen LogP contribution < -0.4 is 0 Å². The molecular weight excluding hydrogens is 408 g/mol. The number of fused-ring (bicyclic) bond motifs is 1. The van der Waals surface area contributed by atoms with Gasteiger partial charge in [-0.15, -0.1) is 47.0 Å². The molecule has 2 bridgehead atoms. The van der Waals surface area contributed by atoms with Gasteiger partial charge in [-0.05, 0) is 39.5 Å². The highest BCUT2D eigenvalue weighted by atomic mass is 32.2. The number of rotatable bonds is 4. The number of ether oxygens (including phenoxy) is 2. The highest BCUT2D eigenvalue weighted by Gasteiger charge is 2.78. The molecule has 3 saturated carbocycles. The lowest BCUT2D eigenvalue weighted by molar-refractivity contribution is -0.178. The first-order valence-electron chi connectivity index (χ1n) is 9.40. The standard InChI is InChI=1S/C18H26O4S4/c1-3-21-13(19)15-5-6-16(14(20)22-4-2,12-17(15)23-7-8-24-17)18(11-15)25-9-10-26-18/h3-12H2,1-2H3/t15-,16-/m0/s1. The van der Waals surface area contributed by atoms with Crippen molar-refractivity contribution in [3.8, 4) is 0 Å². The second kappa shape index (κ2) is 6.99. The fourth-order valence-corrected chi connectivity index (χ4v) is 13.1. The van der Waals surface area contributed by atoms with E-state index in [-0.39, 0.29) is 20.1 Å². The van der Waals surface area contributed by atoms with Crippen LogP contribution in [-0.2, 0) is 19.1 Å². The number of thioether (sulfide) groups is 4. The molecule has 0 aromatic rings. The molecule has 0 radical (unpaired) electrons. The van der Waals surface area contributed by atoms with Crippen LogP contribution in [0.3, 0.4) is 0 Å². The minimum Gasteiger partial charge on any atom is -0.465 e. The van der Waals surface area contributed by atoms with E-state index >= 15 is 0 Å². The van der Waals surface area contributed by atoms with E-state index in [1.165, 1.54) is 0 Å². The first-order valence-corrected chi connectivity index (χ1v) is 13.3. The third-order valence-corrected chi connectivity index (χ3v) is 13.9. The normalized spacial score (nSPS) is 36.5. The van der Waals surface area contributed by atoms with Gasteiger partial charge in [0.1, 0.15) is 0 Å². The van der Waals surface area contributed by atoms with Gasteiger partial charge < -0.3 is 9.47 Å². The van der Waals surface area contributed by atoms with E-state index in [1.54, 1.807) is 0 Å². The lowest BCUT2D eigenvalue weighted by Crippen LogP contribution is -2.69. The number of carbonyl (C=O) groups is 2. The van der Waals surface area contributed by atoms with Crippen LogP contribution in [0.15, 0.2) is 0 Å². The third-order valence-electron chi connectivity index (χ3n) is 6.35. The summed E-state index contributed by atoms with van der Waals surface area (Å²) >= 11 is 7.58. The van der Waals surface area contributed by atoms with Crippen molar-refractivity contribution in [1.29, 1.82) is 0 Å². The topological polar surface area (TPSA) is 52.6 Å². The zero-order valence-corrected chi connectivity index (χ0v) is 18.6. The van der Waals surface area contributed by atoms with Gasteiger partial charge in [0.05, 0.1) is 32.2 Å². The molecule has 2 saturated heterocycles. The minimum absolute atomic E-state index is 0.0356. The molecule has 2 aliphatic heterocycles. The largest absolute Gasteiger partial charge is 0.465 e. The quantitative estimate of drug-likeness (QED) is 0.615. The molecule has 5 rings (SSSR count). The Hall–Kier alpha value is 0.340. The summed E-state index contributed by atoms with van der Waals surface area (Å²) in [5.74, 6) is 4.09. The van der Waals surface area contributed by atoms with Gasteiger partial charge in [-0.3, -0.25) is 9.59 Å². The van der Waals surface area contributed by atoms with Gasteiger partial charge >= 0.3 is 11.9 Å². The maximum absolute atomic E-state index is 13.3. The first-order chi connectivity index (χ1) is 12.5. The fraction of sp³-hybridized carbons (Fsp3) is 0.889. The molecule has 146 valence electrons. The summed E-state index contributed by atoms with van der Waals surface area (Å²) in [4.78, 5) is 26.6. The van der Waals surface area contributed by atoms with Crippen LogP contribution in [-0.4, -0.2) is 56.3 Å². The van der Waals surface area contributed by atoms with Gasteiger partial charge in [0.15, 0.2) is 0 Å². The average Bonchev–Trinajstić information content (AvgIpc) is 3.28. The molecule has 0 aromatic heterocycles. The van der Waals surface area contributed by atoms with Crippen LogP contribution in [0.4, 0.5) is 0 Å². The van der Waals surface area contributed by atoms with E-state index in [0.717, 1.165) is 48.7 Å². The van der Waals surface area contributed by atoms with Gasteiger partial charge in [-0.1, -0.05) is 0 Å². The zero-order valence-electron chi connectivity index (χ0n) is 15.3. The lowest BCUT2D eigenvalue weighted by Gasteiger charge is -2.65. The number of hydrogen-bond acceptors (Lipinski definition) is 8. The summed E-state index contributed by atoms with van der Waals surface area (Å²) in [6.45, 7) is 4.61. The van der Waals surface area contributed by atoms with Gasteiger partial charge in [-0.25, -0.2) is 0 Å². The van der Waals surface area contributed by atoms with Gasteiger partial charge in [0.2, 0.25) is 0 Å². The number of carbonyl (C=O) groups excluding carboxylic acids is 2. The summed E-state index contributed by atoms with van der Waals surface area (Å²) in [5, 5.41) is 0. The van der Waals surface area contributed by atoms with Crippen LogP contribution in [0.5, 0.6) is 0 Å². The van der Waals surface area contributed by atoms with Crippen molar-refractivity contribution in [3.63, 3.8) is 0 Å². The van der Waals surface area contributed by atoms with Crippen molar-refractivity contribution < 1.29 is 19.1 Å². The monoisotopic (exact) mass is 434 g/mol. The van der Waals surface area contributed by atoms with Crippen molar-refractivity contribution in [1.82, 2.24) is 0 Å². The minimum atomic E-state index is -0.479. The maximum atomic E-state index is 13.3. The highest BCUT2D eigenvalue weighted by Crippen LogP contribution is 2.79. The van der Waals surface area contributed by atoms with Crippen molar-refractivity contribution in [2.75, 3.05) is 36.2 Å². The molecule has 2 atom stereocenters. The average molecular weight is 435 g/mol. The molecule has 3 aliphatic carbocycles. The van der Waals surface area contributed by atoms with E-state index in [9.17, 15) is 9.59 Å². The van der Waals surface area contributed by atoms with E-state index < -0.39 is 10.8 Å². The van der Waals surface area contributed by atoms with Gasteiger partial charge in [0, 0.05) is 23.0 Å². The molecule has 4 nitrogen and oxygen atoms in total. The van der Waals surface area contributed by atoms with Crippen LogP contribution in [0.25, 0.3) is 0 Å². The molecule has 2 spiro atoms. The van der Waals surface area contributed by atoms with Gasteiger partial charge in [0.25, 0.3) is 0 Å². The van der Waals surface area contributed by atoms with Crippen LogP contribution in [0.1, 0.15) is 39.5 Å². The van der Waals surface area contributed by atoms with Crippen molar-refractivity contribution in [3.05, 3.63) is 0 Å². The predicted octanol–water partition coefficient (Wildman–Crippen LogP) is 4.03. The Kier molecular flexibility index (Phi) is 5.28. The molecule has 2 heterocycles. The number of esters is 2. The molecule has 26 heavy (non-hydrogen) atoms. The summed E-state index contributed by atoms with van der Waals surface area (Å²) in [5.41, 5.74) is -0.957. The molecule has 0 N–H and O–H groups in total. The lowest BCUT2D eigenvalue weighted by atomic mass is 9.52. The Morgan fingerprint density at radius 3 is 1.38 bits per heavy atom. The Labute approximate surface area is 172 Å². The molecule has 0 unspecified atom stereocenters. The summed E-state index contributed by atoms with van der Waals surface area (Å²) < 4.78 is 10.8.